The number of anilines is 2. The van der Waals surface area contributed by atoms with Crippen molar-refractivity contribution in [1.82, 2.24) is 0 Å². The molecule has 0 unspecified atom stereocenters. The van der Waals surface area contributed by atoms with E-state index in [2.05, 4.69) is 10.0 Å². The van der Waals surface area contributed by atoms with Crippen molar-refractivity contribution in [2.45, 2.75) is 16.7 Å². The molecule has 168 valence electrons. The van der Waals surface area contributed by atoms with E-state index in [4.69, 9.17) is 21.1 Å². The second-order valence-corrected chi connectivity index (χ2v) is 9.51. The Labute approximate surface area is 196 Å². The summed E-state index contributed by atoms with van der Waals surface area (Å²) in [6.45, 7) is 1.36. The summed E-state index contributed by atoms with van der Waals surface area (Å²) in [6, 6.07) is 16.1. The van der Waals surface area contributed by atoms with Gasteiger partial charge in [0.1, 0.15) is 0 Å². The third kappa shape index (κ3) is 5.67. The van der Waals surface area contributed by atoms with Gasteiger partial charge in [0, 0.05) is 16.8 Å². The Bertz CT molecular complexity index is 1250. The minimum absolute atomic E-state index is 0.0257. The van der Waals surface area contributed by atoms with Crippen molar-refractivity contribution < 1.29 is 22.7 Å². The zero-order valence-corrected chi connectivity index (χ0v) is 19.9. The lowest BCUT2D eigenvalue weighted by Crippen LogP contribution is -2.15. The second-order valence-electron chi connectivity index (χ2n) is 6.54. The molecule has 0 spiro atoms. The number of halogens is 1. The molecule has 32 heavy (non-hydrogen) atoms. The molecular formula is C22H21ClN2O5S2. The summed E-state index contributed by atoms with van der Waals surface area (Å²) >= 11 is 7.50. The number of carbonyl (C=O) groups is 1. The molecule has 3 rings (SSSR count). The van der Waals surface area contributed by atoms with Crippen LogP contribution in [0.2, 0.25) is 5.02 Å². The Kier molecular flexibility index (Phi) is 7.55. The number of nitrogens with one attached hydrogen (secondary N) is 2. The molecule has 0 aliphatic rings. The third-order valence-electron chi connectivity index (χ3n) is 4.27. The molecule has 0 aromatic heterocycles. The van der Waals surface area contributed by atoms with Crippen molar-refractivity contribution in [3.8, 4) is 17.2 Å². The molecule has 2 N–H and O–H groups in total. The number of amides is 1. The van der Waals surface area contributed by atoms with Gasteiger partial charge in [-0.2, -0.15) is 0 Å². The van der Waals surface area contributed by atoms with Crippen LogP contribution in [0, 0.1) is 0 Å². The summed E-state index contributed by atoms with van der Waals surface area (Å²) in [4.78, 5) is 12.2. The highest BCUT2D eigenvalue weighted by atomic mass is 35.5. The quantitative estimate of drug-likeness (QED) is 0.396. The van der Waals surface area contributed by atoms with E-state index < -0.39 is 10.0 Å². The van der Waals surface area contributed by atoms with E-state index in [-0.39, 0.29) is 22.2 Å². The Morgan fingerprint density at radius 3 is 2.34 bits per heavy atom. The second kappa shape index (κ2) is 10.2. The van der Waals surface area contributed by atoms with Crippen LogP contribution in [0.3, 0.4) is 0 Å². The minimum Gasteiger partial charge on any atom is -0.493 e. The summed E-state index contributed by atoms with van der Waals surface area (Å²) in [5.41, 5.74) is 0.558. The standard InChI is InChI=1S/C22H21ClN2O5S2/c1-14(26)24-18-13-16(9-11-22(18)31-3)32(27,28)25-17-12-15(23)8-10-19(17)30-21-7-5-4-6-20(21)29-2/h4-13,25H,1-3H3,(H,24,26). The normalized spacial score (nSPS) is 11.0. The Hall–Kier alpha value is -2.88. The Morgan fingerprint density at radius 1 is 0.969 bits per heavy atom. The third-order valence-corrected chi connectivity index (χ3v) is 6.66. The lowest BCUT2D eigenvalue weighted by atomic mass is 10.3. The molecule has 0 saturated heterocycles. The first-order valence-electron chi connectivity index (χ1n) is 9.32. The molecule has 0 aliphatic carbocycles. The molecule has 10 heteroatoms. The number of hydrogen-bond acceptors (Lipinski definition) is 6. The maximum absolute atomic E-state index is 13.1. The fraction of sp³-hybridized carbons (Fsp3) is 0.136. The first-order valence-corrected chi connectivity index (χ1v) is 12.4. The summed E-state index contributed by atoms with van der Waals surface area (Å²) in [5, 5.41) is 2.98. The zero-order valence-electron chi connectivity index (χ0n) is 17.5. The van der Waals surface area contributed by atoms with Crippen LogP contribution < -0.4 is 19.5 Å². The van der Waals surface area contributed by atoms with Gasteiger partial charge in [0.25, 0.3) is 10.0 Å². The Balaban J connectivity index is 1.97. The molecule has 0 fully saturated rings. The summed E-state index contributed by atoms with van der Waals surface area (Å²) in [6.07, 6.45) is 1.83. The minimum atomic E-state index is -4.02. The van der Waals surface area contributed by atoms with Crippen LogP contribution in [-0.2, 0) is 14.8 Å². The maximum atomic E-state index is 13.1. The van der Waals surface area contributed by atoms with Gasteiger partial charge in [0.05, 0.1) is 23.4 Å². The molecule has 3 aromatic rings. The van der Waals surface area contributed by atoms with Crippen molar-refractivity contribution in [3.05, 3.63) is 65.7 Å². The zero-order chi connectivity index (χ0) is 23.3. The Morgan fingerprint density at radius 2 is 1.69 bits per heavy atom. The van der Waals surface area contributed by atoms with Crippen LogP contribution in [-0.4, -0.2) is 27.7 Å². The molecule has 1 amide bonds. The van der Waals surface area contributed by atoms with Gasteiger partial charge in [-0.3, -0.25) is 9.52 Å². The number of para-hydroxylation sites is 2. The molecule has 0 radical (unpaired) electrons. The number of rotatable bonds is 8. The van der Waals surface area contributed by atoms with E-state index in [0.29, 0.717) is 22.2 Å². The first-order chi connectivity index (χ1) is 15.2. The van der Waals surface area contributed by atoms with Crippen LogP contribution in [0.5, 0.6) is 17.2 Å². The molecule has 0 aliphatic heterocycles. The number of methoxy groups -OCH3 is 1. The SMILES string of the molecule is COc1ccccc1Oc1ccc(Cl)cc1NS(=O)(=O)c1ccc(SC)c(NC(C)=O)c1. The van der Waals surface area contributed by atoms with Crippen LogP contribution in [0.4, 0.5) is 11.4 Å². The van der Waals surface area contributed by atoms with Gasteiger partial charge < -0.3 is 14.8 Å². The number of benzene rings is 3. The molecule has 0 bridgehead atoms. The monoisotopic (exact) mass is 492 g/mol. The van der Waals surface area contributed by atoms with E-state index in [0.717, 1.165) is 4.90 Å². The van der Waals surface area contributed by atoms with Gasteiger partial charge in [-0.25, -0.2) is 8.42 Å². The highest BCUT2D eigenvalue weighted by Gasteiger charge is 2.20. The van der Waals surface area contributed by atoms with Crippen molar-refractivity contribution in [2.75, 3.05) is 23.4 Å². The molecule has 7 nitrogen and oxygen atoms in total. The number of hydrogen-bond donors (Lipinski definition) is 2. The summed E-state index contributed by atoms with van der Waals surface area (Å²) < 4.78 is 40.0. The van der Waals surface area contributed by atoms with Gasteiger partial charge in [-0.1, -0.05) is 23.7 Å². The molecule has 3 aromatic carbocycles. The fourth-order valence-electron chi connectivity index (χ4n) is 2.84. The number of thioether (sulfide) groups is 1. The van der Waals surface area contributed by atoms with Gasteiger partial charge in [-0.15, -0.1) is 11.8 Å². The van der Waals surface area contributed by atoms with E-state index in [1.165, 1.54) is 44.0 Å². The van der Waals surface area contributed by atoms with Crippen molar-refractivity contribution in [3.63, 3.8) is 0 Å². The van der Waals surface area contributed by atoms with Gasteiger partial charge in [-0.05, 0) is 54.8 Å². The smallest absolute Gasteiger partial charge is 0.262 e. The highest BCUT2D eigenvalue weighted by Crippen LogP contribution is 2.37. The van der Waals surface area contributed by atoms with Gasteiger partial charge in [0.2, 0.25) is 5.91 Å². The van der Waals surface area contributed by atoms with Crippen LogP contribution in [0.25, 0.3) is 0 Å². The van der Waals surface area contributed by atoms with Crippen molar-refractivity contribution in [2.24, 2.45) is 0 Å². The van der Waals surface area contributed by atoms with Crippen molar-refractivity contribution >= 4 is 50.7 Å². The summed E-state index contributed by atoms with van der Waals surface area (Å²) in [5.74, 6) is 0.842. The molecule has 0 heterocycles. The average Bonchev–Trinajstić information content (AvgIpc) is 2.75. The number of carbonyl (C=O) groups excluding carboxylic acids is 1. The number of ether oxygens (including phenoxy) is 2. The predicted octanol–water partition coefficient (Wildman–Crippen LogP) is 5.62. The summed E-state index contributed by atoms with van der Waals surface area (Å²) in [7, 11) is -2.51. The fourth-order valence-corrected chi connectivity index (χ4v) is 4.63. The molecule has 0 saturated carbocycles. The van der Waals surface area contributed by atoms with E-state index in [1.54, 1.807) is 42.5 Å². The lowest BCUT2D eigenvalue weighted by Gasteiger charge is -2.16. The largest absolute Gasteiger partial charge is 0.493 e. The van der Waals surface area contributed by atoms with Crippen LogP contribution in [0.15, 0.2) is 70.5 Å². The van der Waals surface area contributed by atoms with Gasteiger partial charge in [0.15, 0.2) is 17.2 Å². The van der Waals surface area contributed by atoms with E-state index >= 15 is 0 Å². The van der Waals surface area contributed by atoms with Crippen molar-refractivity contribution in [1.29, 1.82) is 0 Å². The van der Waals surface area contributed by atoms with Gasteiger partial charge >= 0.3 is 0 Å². The lowest BCUT2D eigenvalue weighted by molar-refractivity contribution is -0.114. The van der Waals surface area contributed by atoms with Crippen LogP contribution in [0.1, 0.15) is 6.92 Å². The first kappa shape index (κ1) is 23.8. The predicted molar refractivity (Wildman–Crippen MR) is 128 cm³/mol. The van der Waals surface area contributed by atoms with Crippen LogP contribution >= 0.6 is 23.4 Å². The highest BCUT2D eigenvalue weighted by molar-refractivity contribution is 7.98. The number of sulfonamides is 1. The molecular weight excluding hydrogens is 472 g/mol. The molecule has 0 atom stereocenters. The van der Waals surface area contributed by atoms with E-state index in [1.807, 2.05) is 6.26 Å². The average molecular weight is 493 g/mol. The maximum Gasteiger partial charge on any atom is 0.262 e. The van der Waals surface area contributed by atoms with E-state index in [9.17, 15) is 13.2 Å². The topological polar surface area (TPSA) is 93.7 Å².